The van der Waals surface area contributed by atoms with Crippen molar-refractivity contribution in [2.75, 3.05) is 23.3 Å². The minimum Gasteiger partial charge on any atom is -0.384 e. The molecule has 1 unspecified atom stereocenters. The predicted molar refractivity (Wildman–Crippen MR) is 207 cm³/mol. The highest BCUT2D eigenvalue weighted by Gasteiger charge is 2.37. The molecule has 13 heteroatoms. The number of nitrogens with zero attached hydrogens (tertiary/aromatic N) is 6. The molecular weight excluding hydrogens is 683 g/mol. The number of allylic oxidation sites excluding steroid dienone is 1. The minimum absolute atomic E-state index is 0.194. The number of carbonyl (C=O) groups is 2. The predicted octanol–water partition coefficient (Wildman–Crippen LogP) is 4.73. The Labute approximate surface area is 313 Å². The number of aliphatic hydroxyl groups is 1. The molecule has 5 heterocycles. The second-order valence-corrected chi connectivity index (χ2v) is 14.5. The Balaban J connectivity index is 0.904. The van der Waals surface area contributed by atoms with Crippen molar-refractivity contribution >= 4 is 40.2 Å². The van der Waals surface area contributed by atoms with Gasteiger partial charge in [-0.2, -0.15) is 4.98 Å². The number of rotatable bonds is 11. The van der Waals surface area contributed by atoms with E-state index in [4.69, 9.17) is 9.97 Å². The molecule has 2 saturated heterocycles. The summed E-state index contributed by atoms with van der Waals surface area (Å²) in [7, 11) is 0. The summed E-state index contributed by atoms with van der Waals surface area (Å²) in [6.45, 7) is 8.69. The quantitative estimate of drug-likeness (QED) is 0.111. The van der Waals surface area contributed by atoms with Crippen LogP contribution in [0.1, 0.15) is 73.8 Å². The molecule has 0 saturated carbocycles. The third-order valence-corrected chi connectivity index (χ3v) is 11.2. The topological polar surface area (TPSA) is 159 Å². The largest absolute Gasteiger partial charge is 0.384 e. The van der Waals surface area contributed by atoms with E-state index in [1.165, 1.54) is 5.56 Å². The van der Waals surface area contributed by atoms with Crippen molar-refractivity contribution < 1.29 is 14.7 Å². The molecule has 0 radical (unpaired) electrons. The summed E-state index contributed by atoms with van der Waals surface area (Å²) in [6.07, 6.45) is 8.12. The summed E-state index contributed by atoms with van der Waals surface area (Å²) in [5.74, 6) is 0.193. The van der Waals surface area contributed by atoms with E-state index in [0.717, 1.165) is 61.4 Å². The van der Waals surface area contributed by atoms with Crippen LogP contribution in [0.5, 0.6) is 0 Å². The van der Waals surface area contributed by atoms with Crippen LogP contribution >= 0.6 is 0 Å². The van der Waals surface area contributed by atoms with Gasteiger partial charge >= 0.3 is 0 Å². The number of aromatic nitrogens is 5. The van der Waals surface area contributed by atoms with Gasteiger partial charge in [-0.05, 0) is 85.5 Å². The van der Waals surface area contributed by atoms with Gasteiger partial charge in [0.05, 0.1) is 18.2 Å². The van der Waals surface area contributed by atoms with Gasteiger partial charge in [-0.15, -0.1) is 6.58 Å². The molecule has 1 aliphatic carbocycles. The monoisotopic (exact) mass is 727 g/mol. The highest BCUT2D eigenvalue weighted by Crippen LogP contribution is 2.38. The van der Waals surface area contributed by atoms with Crippen LogP contribution in [-0.2, 0) is 34.7 Å². The number of hydrogen-bond donors (Lipinski definition) is 4. The van der Waals surface area contributed by atoms with Crippen molar-refractivity contribution in [2.24, 2.45) is 0 Å². The van der Waals surface area contributed by atoms with E-state index >= 15 is 0 Å². The molecule has 54 heavy (non-hydrogen) atoms. The van der Waals surface area contributed by atoms with Gasteiger partial charge in [0.15, 0.2) is 11.5 Å². The summed E-state index contributed by atoms with van der Waals surface area (Å²) in [4.78, 5) is 53.7. The van der Waals surface area contributed by atoms with Gasteiger partial charge in [0, 0.05) is 49.7 Å². The molecule has 0 bridgehead atoms. The zero-order valence-corrected chi connectivity index (χ0v) is 30.4. The van der Waals surface area contributed by atoms with Crippen LogP contribution in [0.15, 0.2) is 84.3 Å². The number of benzene rings is 2. The smallest absolute Gasteiger partial charge is 0.278 e. The van der Waals surface area contributed by atoms with E-state index in [9.17, 15) is 19.5 Å². The Morgan fingerprint density at radius 1 is 0.981 bits per heavy atom. The van der Waals surface area contributed by atoms with Crippen molar-refractivity contribution in [3.8, 4) is 5.82 Å². The van der Waals surface area contributed by atoms with E-state index in [0.29, 0.717) is 60.2 Å². The van der Waals surface area contributed by atoms with Gasteiger partial charge in [0.2, 0.25) is 17.8 Å². The molecule has 2 aliphatic heterocycles. The van der Waals surface area contributed by atoms with Gasteiger partial charge in [0.25, 0.3) is 5.56 Å². The first-order valence-electron chi connectivity index (χ1n) is 18.8. The summed E-state index contributed by atoms with van der Waals surface area (Å²) < 4.78 is 3.24. The average Bonchev–Trinajstić information content (AvgIpc) is 3.67. The summed E-state index contributed by atoms with van der Waals surface area (Å²) in [5, 5.41) is 21.0. The molecule has 13 nitrogen and oxygen atoms in total. The van der Waals surface area contributed by atoms with Crippen LogP contribution in [0.4, 0.5) is 17.3 Å². The normalized spacial score (nSPS) is 20.3. The van der Waals surface area contributed by atoms with Crippen LogP contribution in [-0.4, -0.2) is 60.4 Å². The number of pyridine rings is 1. The molecule has 278 valence electrons. The van der Waals surface area contributed by atoms with Crippen LogP contribution in [0.3, 0.4) is 0 Å². The summed E-state index contributed by atoms with van der Waals surface area (Å²) in [6, 6.07) is 20.6. The Bertz CT molecular complexity index is 2270. The Hall–Kier alpha value is -5.66. The highest BCUT2D eigenvalue weighted by molar-refractivity contribution is 6.00. The van der Waals surface area contributed by atoms with Crippen LogP contribution in [0.2, 0.25) is 0 Å². The molecule has 2 amide bonds. The van der Waals surface area contributed by atoms with E-state index in [1.807, 2.05) is 43.3 Å². The molecular formula is C41H45N9O4. The second kappa shape index (κ2) is 14.6. The zero-order valence-electron chi connectivity index (χ0n) is 30.4. The number of hydrogen-bond acceptors (Lipinski definition) is 10. The molecule has 2 aromatic carbocycles. The molecule has 4 N–H and O–H groups in total. The highest BCUT2D eigenvalue weighted by atomic mass is 16.3. The lowest BCUT2D eigenvalue weighted by atomic mass is 9.90. The number of anilines is 3. The first kappa shape index (κ1) is 35.4. The third kappa shape index (κ3) is 6.80. The SMILES string of the molecule is C=CCn1c(=O)c2cnc(Nc3ccc(N4CCC(NCc5ccc(C6CCC(=O)NC6=O)cc5)CC4)cc3)nc2n1-c1ccc2c(n1)[C@@](O)(CC)CC2. The number of imide groups is 1. The van der Waals surface area contributed by atoms with Crippen LogP contribution in [0, 0.1) is 0 Å². The molecule has 8 rings (SSSR count). The van der Waals surface area contributed by atoms with E-state index < -0.39 is 5.60 Å². The lowest BCUT2D eigenvalue weighted by Crippen LogP contribution is -2.42. The van der Waals surface area contributed by atoms with Gasteiger partial charge in [0.1, 0.15) is 11.0 Å². The van der Waals surface area contributed by atoms with E-state index in [1.54, 1.807) is 21.6 Å². The van der Waals surface area contributed by atoms with Crippen molar-refractivity contribution in [3.05, 3.63) is 112 Å². The van der Waals surface area contributed by atoms with Gasteiger partial charge in [-0.25, -0.2) is 19.3 Å². The fourth-order valence-corrected chi connectivity index (χ4v) is 7.98. The summed E-state index contributed by atoms with van der Waals surface area (Å²) >= 11 is 0. The first-order chi connectivity index (χ1) is 26.2. The Kier molecular flexibility index (Phi) is 9.59. The lowest BCUT2D eigenvalue weighted by molar-refractivity contribution is -0.134. The Morgan fingerprint density at radius 2 is 1.76 bits per heavy atom. The Morgan fingerprint density at radius 3 is 2.48 bits per heavy atom. The summed E-state index contributed by atoms with van der Waals surface area (Å²) in [5.41, 5.74) is 4.95. The van der Waals surface area contributed by atoms with Gasteiger partial charge in [-0.3, -0.25) is 19.7 Å². The first-order valence-corrected chi connectivity index (χ1v) is 18.8. The lowest BCUT2D eigenvalue weighted by Gasteiger charge is -2.34. The number of piperidine rings is 2. The third-order valence-electron chi connectivity index (χ3n) is 11.2. The van der Waals surface area contributed by atoms with Crippen LogP contribution in [0.25, 0.3) is 16.9 Å². The van der Waals surface area contributed by atoms with E-state index in [-0.39, 0.29) is 29.8 Å². The maximum absolute atomic E-state index is 13.5. The van der Waals surface area contributed by atoms with Crippen LogP contribution < -0.4 is 26.4 Å². The number of fused-ring (bicyclic) bond motifs is 2. The van der Waals surface area contributed by atoms with Crippen molar-refractivity contribution in [1.29, 1.82) is 0 Å². The molecule has 5 aromatic rings. The van der Waals surface area contributed by atoms with Crippen molar-refractivity contribution in [2.45, 2.75) is 82.5 Å². The average molecular weight is 728 g/mol. The molecule has 0 spiro atoms. The molecule has 2 fully saturated rings. The maximum Gasteiger partial charge on any atom is 0.278 e. The number of nitrogens with one attached hydrogen (secondary N) is 3. The van der Waals surface area contributed by atoms with Crippen molar-refractivity contribution in [1.82, 2.24) is 34.9 Å². The molecule has 3 aromatic heterocycles. The number of aryl methyl sites for hydroxylation is 1. The molecule has 2 atom stereocenters. The fraction of sp³-hybridized carbons (Fsp3) is 0.366. The minimum atomic E-state index is -0.991. The van der Waals surface area contributed by atoms with E-state index in [2.05, 4.69) is 56.7 Å². The zero-order chi connectivity index (χ0) is 37.4. The standard InChI is InChI=1S/C41H45N9O4/c1-3-21-49-39(53)33-25-43-40(47-37(33)50(49)34-15-9-28-17-20-41(54,4-2)36(28)45-34)44-30-10-12-31(13-11-30)48-22-18-29(19-23-48)42-24-26-5-7-27(8-6-26)32-14-16-35(51)46-38(32)52/h3,5-13,15,25,29,32,42,54H,1,4,14,16-24H2,2H3,(H,43,44,47)(H,46,51,52)/t32?,41-/m1/s1. The maximum atomic E-state index is 13.5. The number of carbonyl (C=O) groups excluding carboxylic acids is 2. The second-order valence-electron chi connectivity index (χ2n) is 14.5. The van der Waals surface area contributed by atoms with Crippen molar-refractivity contribution in [3.63, 3.8) is 0 Å². The fourth-order valence-electron chi connectivity index (χ4n) is 7.98. The number of amides is 2. The van der Waals surface area contributed by atoms with Gasteiger partial charge in [-0.1, -0.05) is 43.3 Å². The van der Waals surface area contributed by atoms with Gasteiger partial charge < -0.3 is 20.6 Å². The molecule has 3 aliphatic rings.